The molecule has 4 aromatic rings. The molecule has 2 aromatic carbocycles. The maximum absolute atomic E-state index is 11.7. The number of rotatable bonds is 4. The Kier molecular flexibility index (Phi) is 4.56. The first-order valence-corrected chi connectivity index (χ1v) is 9.99. The summed E-state index contributed by atoms with van der Waals surface area (Å²) in [4.78, 5) is 26.1. The van der Waals surface area contributed by atoms with Gasteiger partial charge in [0.25, 0.3) is 0 Å². The van der Waals surface area contributed by atoms with Crippen molar-refractivity contribution in [2.45, 2.75) is 24.8 Å². The number of nitrogens with one attached hydrogen (secondary N) is 1. The minimum Gasteiger partial charge on any atom is -0.340 e. The molecule has 5 heteroatoms. The van der Waals surface area contributed by atoms with Gasteiger partial charge in [-0.1, -0.05) is 54.6 Å². The molecule has 5 nitrogen and oxygen atoms in total. The summed E-state index contributed by atoms with van der Waals surface area (Å²) in [6.07, 6.45) is 4.49. The van der Waals surface area contributed by atoms with Crippen molar-refractivity contribution in [3.05, 3.63) is 84.3 Å². The number of carbonyl (C=O) groups is 1. The number of fused-ring (bicyclic) bond motifs is 1. The van der Waals surface area contributed by atoms with Gasteiger partial charge < -0.3 is 9.88 Å². The van der Waals surface area contributed by atoms with E-state index in [0.29, 0.717) is 0 Å². The zero-order chi connectivity index (χ0) is 19.6. The Balaban J connectivity index is 1.42. The molecule has 0 saturated carbocycles. The molecule has 1 saturated heterocycles. The standard InChI is InChI=1S/C24H22N4O/c29-16-28-14-12-20(23-26-21-7-4-13-25-24(21)27-23)15-22(28)19-10-8-18(9-11-19)17-5-2-1-3-6-17/h1-11,13,16,20,22H,12,14-15H2,(H,25,26,27). The number of nitrogens with zero attached hydrogens (tertiary/aromatic N) is 3. The van der Waals surface area contributed by atoms with E-state index in [1.165, 1.54) is 11.1 Å². The number of likely N-dealkylation sites (tertiary alicyclic amines) is 1. The van der Waals surface area contributed by atoms with Crippen molar-refractivity contribution in [3.8, 4) is 11.1 Å². The monoisotopic (exact) mass is 382 g/mol. The minimum absolute atomic E-state index is 0.0530. The van der Waals surface area contributed by atoms with Gasteiger partial charge in [0.15, 0.2) is 5.65 Å². The number of hydrogen-bond donors (Lipinski definition) is 1. The summed E-state index contributed by atoms with van der Waals surface area (Å²) < 4.78 is 0. The highest BCUT2D eigenvalue weighted by Crippen LogP contribution is 2.38. The molecule has 2 unspecified atom stereocenters. The Labute approximate surface area is 169 Å². The van der Waals surface area contributed by atoms with Crippen LogP contribution in [0.2, 0.25) is 0 Å². The van der Waals surface area contributed by atoms with Crippen LogP contribution in [0.5, 0.6) is 0 Å². The summed E-state index contributed by atoms with van der Waals surface area (Å²) in [5.41, 5.74) is 5.26. The molecule has 1 N–H and O–H groups in total. The van der Waals surface area contributed by atoms with E-state index < -0.39 is 0 Å². The van der Waals surface area contributed by atoms with Crippen molar-refractivity contribution in [1.29, 1.82) is 0 Å². The van der Waals surface area contributed by atoms with Gasteiger partial charge in [-0.15, -0.1) is 0 Å². The van der Waals surface area contributed by atoms with Crippen LogP contribution >= 0.6 is 0 Å². The molecule has 0 radical (unpaired) electrons. The molecule has 0 spiro atoms. The highest BCUT2D eigenvalue weighted by molar-refractivity contribution is 5.70. The summed E-state index contributed by atoms with van der Waals surface area (Å²) >= 11 is 0. The number of pyridine rings is 1. The molecule has 3 heterocycles. The fraction of sp³-hybridized carbons (Fsp3) is 0.208. The van der Waals surface area contributed by atoms with Crippen molar-refractivity contribution in [3.63, 3.8) is 0 Å². The van der Waals surface area contributed by atoms with Gasteiger partial charge in [0.1, 0.15) is 5.82 Å². The fourth-order valence-corrected chi connectivity index (χ4v) is 4.27. The molecule has 144 valence electrons. The number of carbonyl (C=O) groups excluding carboxylic acids is 1. The number of imidazole rings is 1. The van der Waals surface area contributed by atoms with Crippen molar-refractivity contribution in [2.24, 2.45) is 0 Å². The first-order valence-electron chi connectivity index (χ1n) is 9.99. The third-order valence-electron chi connectivity index (χ3n) is 5.84. The smallest absolute Gasteiger partial charge is 0.210 e. The van der Waals surface area contributed by atoms with Crippen molar-refractivity contribution in [1.82, 2.24) is 19.9 Å². The van der Waals surface area contributed by atoms with E-state index >= 15 is 0 Å². The highest BCUT2D eigenvalue weighted by atomic mass is 16.1. The van der Waals surface area contributed by atoms with E-state index in [1.54, 1.807) is 6.20 Å². The first kappa shape index (κ1) is 17.6. The van der Waals surface area contributed by atoms with E-state index in [4.69, 9.17) is 4.98 Å². The zero-order valence-corrected chi connectivity index (χ0v) is 16.0. The van der Waals surface area contributed by atoms with Crippen LogP contribution in [0.4, 0.5) is 0 Å². The van der Waals surface area contributed by atoms with E-state index in [0.717, 1.165) is 48.3 Å². The van der Waals surface area contributed by atoms with Crippen LogP contribution in [0.3, 0.4) is 0 Å². The number of H-pyrrole nitrogens is 1. The lowest BCUT2D eigenvalue weighted by molar-refractivity contribution is -0.121. The Morgan fingerprint density at radius 2 is 1.76 bits per heavy atom. The van der Waals surface area contributed by atoms with E-state index in [2.05, 4.69) is 46.4 Å². The SMILES string of the molecule is O=CN1CCC(c2nc3ncccc3[nH]2)CC1c1ccc(-c2ccccc2)cc1. The van der Waals surface area contributed by atoms with Gasteiger partial charge in [-0.2, -0.15) is 0 Å². The van der Waals surface area contributed by atoms with Gasteiger partial charge in [-0.3, -0.25) is 4.79 Å². The van der Waals surface area contributed by atoms with Crippen molar-refractivity contribution < 1.29 is 4.79 Å². The number of aromatic nitrogens is 3. The van der Waals surface area contributed by atoms with Gasteiger partial charge in [-0.25, -0.2) is 9.97 Å². The van der Waals surface area contributed by atoms with E-state index in [-0.39, 0.29) is 12.0 Å². The van der Waals surface area contributed by atoms with E-state index in [1.807, 2.05) is 35.2 Å². The largest absolute Gasteiger partial charge is 0.340 e. The Morgan fingerprint density at radius 1 is 0.966 bits per heavy atom. The molecule has 1 aliphatic rings. The number of piperidine rings is 1. The molecule has 2 atom stereocenters. The summed E-state index contributed by atoms with van der Waals surface area (Å²) in [5, 5.41) is 0. The number of hydrogen-bond acceptors (Lipinski definition) is 3. The summed E-state index contributed by atoms with van der Waals surface area (Å²) in [5.74, 6) is 1.24. The normalized spacial score (nSPS) is 19.4. The summed E-state index contributed by atoms with van der Waals surface area (Å²) in [7, 11) is 0. The average Bonchev–Trinajstić information content (AvgIpc) is 3.24. The average molecular weight is 382 g/mol. The lowest BCUT2D eigenvalue weighted by atomic mass is 9.86. The molecule has 2 aromatic heterocycles. The van der Waals surface area contributed by atoms with Crippen LogP contribution in [0.1, 0.15) is 36.2 Å². The van der Waals surface area contributed by atoms with Gasteiger partial charge in [0.05, 0.1) is 11.6 Å². The lowest BCUT2D eigenvalue weighted by Gasteiger charge is -2.37. The van der Waals surface area contributed by atoms with Crippen LogP contribution in [-0.2, 0) is 4.79 Å². The Morgan fingerprint density at radius 3 is 2.52 bits per heavy atom. The van der Waals surface area contributed by atoms with Crippen LogP contribution in [-0.4, -0.2) is 32.8 Å². The minimum atomic E-state index is 0.0530. The zero-order valence-electron chi connectivity index (χ0n) is 16.0. The molecular formula is C24H22N4O. The third kappa shape index (κ3) is 3.40. The quantitative estimate of drug-likeness (QED) is 0.520. The van der Waals surface area contributed by atoms with Gasteiger partial charge in [0.2, 0.25) is 6.41 Å². The fourth-order valence-electron chi connectivity index (χ4n) is 4.27. The van der Waals surface area contributed by atoms with Gasteiger partial charge >= 0.3 is 0 Å². The second-order valence-electron chi connectivity index (χ2n) is 7.56. The van der Waals surface area contributed by atoms with Gasteiger partial charge in [-0.05, 0) is 41.7 Å². The number of amides is 1. The molecular weight excluding hydrogens is 360 g/mol. The maximum atomic E-state index is 11.7. The molecule has 0 bridgehead atoms. The van der Waals surface area contributed by atoms with Crippen LogP contribution in [0, 0.1) is 0 Å². The number of benzene rings is 2. The van der Waals surface area contributed by atoms with Crippen molar-refractivity contribution in [2.75, 3.05) is 6.54 Å². The molecule has 5 rings (SSSR count). The molecule has 29 heavy (non-hydrogen) atoms. The van der Waals surface area contributed by atoms with E-state index in [9.17, 15) is 4.79 Å². The van der Waals surface area contributed by atoms with Crippen molar-refractivity contribution >= 4 is 17.6 Å². The van der Waals surface area contributed by atoms with Gasteiger partial charge in [0, 0.05) is 18.7 Å². The second kappa shape index (κ2) is 7.51. The molecule has 1 amide bonds. The lowest BCUT2D eigenvalue weighted by Crippen LogP contribution is -2.35. The maximum Gasteiger partial charge on any atom is 0.210 e. The Bertz CT molecular complexity index is 1090. The summed E-state index contributed by atoms with van der Waals surface area (Å²) in [6, 6.07) is 22.9. The van der Waals surface area contributed by atoms with Crippen LogP contribution < -0.4 is 0 Å². The predicted octanol–water partition coefficient (Wildman–Crippen LogP) is 4.70. The molecule has 1 aliphatic heterocycles. The molecule has 0 aliphatic carbocycles. The topological polar surface area (TPSA) is 61.9 Å². The van der Waals surface area contributed by atoms with Crippen LogP contribution in [0.15, 0.2) is 72.9 Å². The molecule has 1 fully saturated rings. The highest BCUT2D eigenvalue weighted by Gasteiger charge is 2.31. The number of aromatic amines is 1. The first-order chi connectivity index (χ1) is 14.3. The second-order valence-corrected chi connectivity index (χ2v) is 7.56. The Hall–Kier alpha value is -3.47. The third-order valence-corrected chi connectivity index (χ3v) is 5.84. The summed E-state index contributed by atoms with van der Waals surface area (Å²) in [6.45, 7) is 0.726. The predicted molar refractivity (Wildman–Crippen MR) is 113 cm³/mol. The van der Waals surface area contributed by atoms with Crippen LogP contribution in [0.25, 0.3) is 22.3 Å².